The van der Waals surface area contributed by atoms with Gasteiger partial charge in [-0.05, 0) is 39.0 Å². The average Bonchev–Trinajstić information content (AvgIpc) is 2.48. The molecule has 0 saturated carbocycles. The standard InChI is InChI=1S/C15H25N5OS/c1-9-13(16)19(3)15(22)20(4)14(9)17-10-5-11-7-21-8-12(6-10)18(11)2/h10-12H,5-8,16H2,1-4H3. The van der Waals surface area contributed by atoms with Crippen LogP contribution in [0.3, 0.4) is 0 Å². The van der Waals surface area contributed by atoms with E-state index in [1.165, 1.54) is 0 Å². The molecular weight excluding hydrogens is 298 g/mol. The Labute approximate surface area is 136 Å². The van der Waals surface area contributed by atoms with Crippen molar-refractivity contribution in [3.63, 3.8) is 0 Å². The number of nitrogens with zero attached hydrogens (tertiary/aromatic N) is 4. The maximum atomic E-state index is 6.17. The van der Waals surface area contributed by atoms with Gasteiger partial charge in [0.05, 0.1) is 19.3 Å². The molecule has 1 aromatic rings. The van der Waals surface area contributed by atoms with E-state index in [0.29, 0.717) is 28.7 Å². The summed E-state index contributed by atoms with van der Waals surface area (Å²) in [6, 6.07) is 1.24. The number of hydrogen-bond acceptors (Lipinski definition) is 5. The molecule has 122 valence electrons. The molecule has 0 aromatic carbocycles. The van der Waals surface area contributed by atoms with Crippen molar-refractivity contribution in [2.45, 2.75) is 37.9 Å². The van der Waals surface area contributed by atoms with Crippen molar-refractivity contribution >= 4 is 18.0 Å². The molecule has 3 rings (SSSR count). The Hall–Kier alpha value is -1.18. The number of rotatable bonds is 1. The van der Waals surface area contributed by atoms with E-state index in [1.54, 1.807) is 0 Å². The summed E-state index contributed by atoms with van der Waals surface area (Å²) in [4.78, 5) is 7.46. The summed E-state index contributed by atoms with van der Waals surface area (Å²) >= 11 is 5.45. The van der Waals surface area contributed by atoms with Crippen molar-refractivity contribution in [1.82, 2.24) is 14.0 Å². The molecule has 2 atom stereocenters. The quantitative estimate of drug-likeness (QED) is 0.775. The number of aromatic nitrogens is 2. The van der Waals surface area contributed by atoms with E-state index in [0.717, 1.165) is 37.1 Å². The van der Waals surface area contributed by atoms with Gasteiger partial charge in [0.1, 0.15) is 11.3 Å². The number of nitrogen functional groups attached to an aromatic ring is 1. The van der Waals surface area contributed by atoms with Crippen LogP contribution in [0.25, 0.3) is 0 Å². The number of piperidine rings is 1. The van der Waals surface area contributed by atoms with E-state index >= 15 is 0 Å². The third kappa shape index (κ3) is 2.51. The maximum absolute atomic E-state index is 6.17. The fourth-order valence-corrected chi connectivity index (χ4v) is 3.75. The van der Waals surface area contributed by atoms with Crippen LogP contribution in [0.15, 0.2) is 4.99 Å². The van der Waals surface area contributed by atoms with Gasteiger partial charge in [-0.1, -0.05) is 0 Å². The summed E-state index contributed by atoms with van der Waals surface area (Å²) in [5.74, 6) is 0.693. The lowest BCUT2D eigenvalue weighted by Gasteiger charge is -2.45. The van der Waals surface area contributed by atoms with Crippen LogP contribution in [-0.4, -0.2) is 52.4 Å². The largest absolute Gasteiger partial charge is 0.385 e. The zero-order chi connectivity index (χ0) is 16.0. The Morgan fingerprint density at radius 3 is 2.32 bits per heavy atom. The van der Waals surface area contributed by atoms with E-state index in [2.05, 4.69) is 11.9 Å². The van der Waals surface area contributed by atoms with Gasteiger partial charge in [-0.2, -0.15) is 0 Å². The number of likely N-dealkylation sites (N-methyl/N-ethyl adjacent to an activating group) is 1. The topological polar surface area (TPSA) is 60.7 Å². The molecule has 0 amide bonds. The predicted molar refractivity (Wildman–Crippen MR) is 89.1 cm³/mol. The molecule has 2 aliphatic rings. The second-order valence-corrected chi connectivity index (χ2v) is 6.86. The van der Waals surface area contributed by atoms with Gasteiger partial charge in [0.2, 0.25) is 0 Å². The van der Waals surface area contributed by atoms with Gasteiger partial charge < -0.3 is 19.6 Å². The Kier molecular flexibility index (Phi) is 4.13. The Morgan fingerprint density at radius 1 is 1.14 bits per heavy atom. The smallest absolute Gasteiger partial charge is 0.182 e. The first-order valence-corrected chi connectivity index (χ1v) is 8.16. The second-order valence-electron chi connectivity index (χ2n) is 6.50. The fraction of sp³-hybridized carbons (Fsp3) is 0.733. The van der Waals surface area contributed by atoms with Crippen LogP contribution in [0, 0.1) is 11.7 Å². The SMILES string of the molecule is Cc1c(N)n(C)c(=S)n(C)c1=NC1CC2COCC(C1)N2C. The lowest BCUT2D eigenvalue weighted by atomic mass is 9.91. The molecule has 22 heavy (non-hydrogen) atoms. The minimum Gasteiger partial charge on any atom is -0.385 e. The average molecular weight is 323 g/mol. The Morgan fingerprint density at radius 2 is 1.73 bits per heavy atom. The molecule has 2 unspecified atom stereocenters. The van der Waals surface area contributed by atoms with Crippen molar-refractivity contribution in [2.24, 2.45) is 19.1 Å². The molecule has 2 saturated heterocycles. The van der Waals surface area contributed by atoms with E-state index < -0.39 is 0 Å². The van der Waals surface area contributed by atoms with Crippen LogP contribution in [0.4, 0.5) is 5.82 Å². The van der Waals surface area contributed by atoms with Crippen LogP contribution in [0.1, 0.15) is 18.4 Å². The molecule has 0 aliphatic carbocycles. The van der Waals surface area contributed by atoms with Crippen LogP contribution >= 0.6 is 12.2 Å². The summed E-state index contributed by atoms with van der Waals surface area (Å²) in [5, 5.41) is 0. The van der Waals surface area contributed by atoms with Crippen molar-refractivity contribution < 1.29 is 4.74 Å². The first-order valence-electron chi connectivity index (χ1n) is 7.75. The van der Waals surface area contributed by atoms with Gasteiger partial charge in [-0.15, -0.1) is 0 Å². The van der Waals surface area contributed by atoms with Crippen molar-refractivity contribution in [3.8, 4) is 0 Å². The van der Waals surface area contributed by atoms with E-state index in [1.807, 2.05) is 30.2 Å². The van der Waals surface area contributed by atoms with Gasteiger partial charge >= 0.3 is 0 Å². The van der Waals surface area contributed by atoms with Gasteiger partial charge in [0, 0.05) is 31.7 Å². The highest BCUT2D eigenvalue weighted by Gasteiger charge is 2.36. The Balaban J connectivity index is 2.02. The number of morpholine rings is 1. The summed E-state index contributed by atoms with van der Waals surface area (Å²) in [7, 11) is 6.05. The number of ether oxygens (including phenoxy) is 1. The summed E-state index contributed by atoms with van der Waals surface area (Å²) in [5.41, 5.74) is 8.08. The second kappa shape index (κ2) is 5.79. The third-order valence-electron chi connectivity index (χ3n) is 5.14. The monoisotopic (exact) mass is 323 g/mol. The van der Waals surface area contributed by atoms with Gasteiger partial charge in [-0.3, -0.25) is 9.89 Å². The van der Waals surface area contributed by atoms with Crippen LogP contribution in [0.5, 0.6) is 0 Å². The van der Waals surface area contributed by atoms with Crippen LogP contribution < -0.4 is 11.2 Å². The molecular formula is C15H25N5OS. The predicted octanol–water partition coefficient (Wildman–Crippen LogP) is 0.746. The van der Waals surface area contributed by atoms with Crippen LogP contribution in [-0.2, 0) is 18.8 Å². The van der Waals surface area contributed by atoms with Gasteiger partial charge in [-0.25, -0.2) is 0 Å². The first kappa shape index (κ1) is 15.7. The van der Waals surface area contributed by atoms with E-state index in [9.17, 15) is 0 Å². The minimum absolute atomic E-state index is 0.307. The van der Waals surface area contributed by atoms with Crippen molar-refractivity contribution in [2.75, 3.05) is 26.0 Å². The van der Waals surface area contributed by atoms with Gasteiger partial charge in [0.15, 0.2) is 4.77 Å². The van der Waals surface area contributed by atoms with E-state index in [4.69, 9.17) is 27.7 Å². The zero-order valence-corrected chi connectivity index (χ0v) is 14.6. The molecule has 0 spiro atoms. The maximum Gasteiger partial charge on any atom is 0.182 e. The lowest BCUT2D eigenvalue weighted by Crippen LogP contribution is -2.56. The molecule has 6 nitrogen and oxygen atoms in total. The van der Waals surface area contributed by atoms with Gasteiger partial charge in [0.25, 0.3) is 0 Å². The Bertz CT molecular complexity index is 693. The van der Waals surface area contributed by atoms with E-state index in [-0.39, 0.29) is 0 Å². The summed E-state index contributed by atoms with van der Waals surface area (Å²) in [6.07, 6.45) is 2.06. The molecule has 2 N–H and O–H groups in total. The molecule has 7 heteroatoms. The lowest BCUT2D eigenvalue weighted by molar-refractivity contribution is -0.0645. The first-order chi connectivity index (χ1) is 10.4. The molecule has 2 bridgehead atoms. The number of anilines is 1. The molecule has 2 aliphatic heterocycles. The number of nitrogens with two attached hydrogens (primary N) is 1. The highest BCUT2D eigenvalue weighted by molar-refractivity contribution is 7.71. The summed E-state index contributed by atoms with van der Waals surface area (Å²) < 4.78 is 10.2. The summed E-state index contributed by atoms with van der Waals surface area (Å²) in [6.45, 7) is 3.63. The third-order valence-corrected chi connectivity index (χ3v) is 5.69. The highest BCUT2D eigenvalue weighted by atomic mass is 32.1. The fourth-order valence-electron chi connectivity index (χ4n) is 3.56. The number of fused-ring (bicyclic) bond motifs is 2. The minimum atomic E-state index is 0.307. The van der Waals surface area contributed by atoms with Crippen LogP contribution in [0.2, 0.25) is 0 Å². The highest BCUT2D eigenvalue weighted by Crippen LogP contribution is 2.27. The normalized spacial score (nSPS) is 29.8. The van der Waals surface area contributed by atoms with Crippen molar-refractivity contribution in [3.05, 3.63) is 15.8 Å². The number of hydrogen-bond donors (Lipinski definition) is 1. The molecule has 1 aromatic heterocycles. The molecule has 2 fully saturated rings. The molecule has 0 radical (unpaired) electrons. The van der Waals surface area contributed by atoms with Crippen molar-refractivity contribution in [1.29, 1.82) is 0 Å². The zero-order valence-electron chi connectivity index (χ0n) is 13.7. The molecule has 3 heterocycles.